The smallest absolute Gasteiger partial charge is 0.0622 e. The maximum absolute atomic E-state index is 7.24. The van der Waals surface area contributed by atoms with E-state index in [2.05, 4.69) is 369 Å². The topological polar surface area (TPSA) is 38.5 Å². The molecular formula is C83H63N5OPt. The van der Waals surface area contributed by atoms with Crippen LogP contribution in [-0.4, -0.2) is 14.1 Å². The molecule has 6 nitrogen and oxygen atoms in total. The molecule has 14 aromatic rings. The van der Waals surface area contributed by atoms with Crippen molar-refractivity contribution in [1.82, 2.24) is 14.1 Å². The molecule has 2 aromatic heterocycles. The Balaban J connectivity index is 0.903. The van der Waals surface area contributed by atoms with Crippen molar-refractivity contribution in [2.24, 2.45) is 0 Å². The number of para-hydroxylation sites is 6. The van der Waals surface area contributed by atoms with Gasteiger partial charge in [0.05, 0.1) is 5.69 Å². The van der Waals surface area contributed by atoms with Crippen LogP contribution in [0.1, 0.15) is 31.9 Å². The van der Waals surface area contributed by atoms with Crippen molar-refractivity contribution in [1.29, 1.82) is 0 Å². The third-order valence-corrected chi connectivity index (χ3v) is 18.3. The molecule has 0 saturated heterocycles. The second-order valence-electron chi connectivity index (χ2n) is 23.9. The van der Waals surface area contributed by atoms with Gasteiger partial charge in [0.15, 0.2) is 0 Å². The van der Waals surface area contributed by atoms with Crippen molar-refractivity contribution in [3.05, 3.63) is 324 Å². The van der Waals surface area contributed by atoms with Gasteiger partial charge in [0.2, 0.25) is 0 Å². The summed E-state index contributed by atoms with van der Waals surface area (Å²) >= 11 is 2.52. The van der Waals surface area contributed by atoms with Crippen LogP contribution in [0.5, 0.6) is 11.5 Å². The van der Waals surface area contributed by atoms with Gasteiger partial charge in [-0.2, -0.15) is 0 Å². The summed E-state index contributed by atoms with van der Waals surface area (Å²) in [5, 5.41) is 0. The van der Waals surface area contributed by atoms with Crippen molar-refractivity contribution in [3.63, 3.8) is 0 Å². The van der Waals surface area contributed by atoms with Gasteiger partial charge in [0, 0.05) is 23.0 Å². The monoisotopic (exact) mass is 1340 g/mol. The van der Waals surface area contributed by atoms with Crippen LogP contribution >= 0.6 is 0 Å². The van der Waals surface area contributed by atoms with E-state index in [9.17, 15) is 0 Å². The Labute approximate surface area is 536 Å². The molecule has 7 heteroatoms. The molecule has 436 valence electrons. The Bertz CT molecular complexity index is 4990. The summed E-state index contributed by atoms with van der Waals surface area (Å²) in [5.74, 6) is 2.16. The molecular weight excluding hydrogens is 1280 g/mol. The van der Waals surface area contributed by atoms with Crippen LogP contribution in [0.4, 0.5) is 34.3 Å². The van der Waals surface area contributed by atoms with Crippen molar-refractivity contribution in [2.75, 3.05) is 9.80 Å². The van der Waals surface area contributed by atoms with E-state index >= 15 is 0 Å². The molecule has 0 saturated carbocycles. The second-order valence-corrected chi connectivity index (χ2v) is 24.9. The van der Waals surface area contributed by atoms with E-state index in [1.165, 1.54) is 16.7 Å². The number of nitrogens with zero attached hydrogens (tertiary/aromatic N) is 5. The van der Waals surface area contributed by atoms with Crippen LogP contribution in [0, 0.1) is 10.7 Å². The number of pyridine rings is 1. The second kappa shape index (κ2) is 23.5. The summed E-state index contributed by atoms with van der Waals surface area (Å²) in [7, 11) is 0. The molecule has 0 fully saturated rings. The van der Waals surface area contributed by atoms with E-state index < -0.39 is 0 Å². The van der Waals surface area contributed by atoms with Crippen molar-refractivity contribution in [2.45, 2.75) is 33.1 Å². The number of rotatable bonds is 10. The van der Waals surface area contributed by atoms with E-state index in [0.717, 1.165) is 122 Å². The van der Waals surface area contributed by atoms with Gasteiger partial charge in [-0.05, 0) is 64.4 Å². The molecule has 0 bridgehead atoms. The number of benzene rings is 12. The molecule has 1 aliphatic rings. The summed E-state index contributed by atoms with van der Waals surface area (Å²) in [4.78, 5) is 10.3. The fourth-order valence-electron chi connectivity index (χ4n) is 12.9. The molecule has 90 heavy (non-hydrogen) atoms. The van der Waals surface area contributed by atoms with Gasteiger partial charge < -0.3 is 4.90 Å². The normalized spacial score (nSPS) is 12.0. The van der Waals surface area contributed by atoms with Gasteiger partial charge in [-0.3, -0.25) is 0 Å². The van der Waals surface area contributed by atoms with Gasteiger partial charge >= 0.3 is 306 Å². The van der Waals surface area contributed by atoms with Crippen molar-refractivity contribution < 1.29 is 24.1 Å². The molecule has 0 radical (unpaired) electrons. The van der Waals surface area contributed by atoms with Crippen LogP contribution < -0.4 is 14.5 Å². The zero-order valence-electron chi connectivity index (χ0n) is 50.4. The fraction of sp³-hybridized carbons (Fsp3) is 0.0602. The van der Waals surface area contributed by atoms with Gasteiger partial charge in [-0.1, -0.05) is 136 Å². The summed E-state index contributed by atoms with van der Waals surface area (Å²) in [6.45, 7) is 9.00. The molecule has 0 spiro atoms. The number of imidazole rings is 1. The first kappa shape index (κ1) is 55.9. The first-order chi connectivity index (χ1) is 44.1. The van der Waals surface area contributed by atoms with Crippen LogP contribution in [0.15, 0.2) is 310 Å². The number of hydrogen-bond donors (Lipinski definition) is 0. The van der Waals surface area contributed by atoms with Gasteiger partial charge in [0.1, 0.15) is 0 Å². The maximum atomic E-state index is 7.24. The standard InChI is InChI=1S/C83H63N5O.Pt/c1-57-52-81(84-55-74(57)62-44-42-59(43-45-62)58-24-8-5-9-25-58)88-77-39-19-16-33-71(77)70-32-14-17-37-75(70)87(64-48-46-63(47-49-64)83(2,3)4)76-38-18-15-34-72(76)73-51-50-67(54-80(73)88)89-66-31-22-30-65(53-66)85-56-86(79-41-21-20-40-78(79)85)82-68(60-26-10-6-11-27-60)35-23-36-69(82)61-28-12-7-13-29-61;/h5-55H,1-4H3;. The summed E-state index contributed by atoms with van der Waals surface area (Å²) in [6, 6.07) is 109. The zero-order valence-corrected chi connectivity index (χ0v) is 52.7. The van der Waals surface area contributed by atoms with Crippen LogP contribution in [0.2, 0.25) is 0 Å². The molecule has 0 aliphatic carbocycles. The number of aromatic nitrogens is 3. The SMILES string of the molecule is Cc1cc(N2c3ccccc3-c3ccccc3N(c3ccc(C(C)(C)C)cc3)c3ccccc3-c3ccc(Oc4cccc(-n5[c](=[Pt])n(-c6c(-c7ccccc7)cccc6-c6ccccc6)c6ccccc65)c4)cc32)ncc1-c1ccc(-c2ccccc2)cc1. The quantitative estimate of drug-likeness (QED) is 0.137. The van der Waals surface area contributed by atoms with E-state index in [4.69, 9.17) is 9.72 Å². The van der Waals surface area contributed by atoms with Crippen LogP contribution in [0.25, 0.3) is 89.2 Å². The van der Waals surface area contributed by atoms with Crippen LogP contribution in [-0.2, 0) is 24.8 Å². The van der Waals surface area contributed by atoms with E-state index in [-0.39, 0.29) is 5.41 Å². The molecule has 0 atom stereocenters. The van der Waals surface area contributed by atoms with Gasteiger partial charge in [0.25, 0.3) is 0 Å². The third kappa shape index (κ3) is 10.3. The minimum atomic E-state index is -0.0132. The van der Waals surface area contributed by atoms with E-state index in [1.807, 2.05) is 6.20 Å². The van der Waals surface area contributed by atoms with Gasteiger partial charge in [-0.25, -0.2) is 0 Å². The molecule has 0 N–H and O–H groups in total. The number of fused-ring (bicyclic) bond motifs is 7. The average molecular weight is 1340 g/mol. The Kier molecular flexibility index (Phi) is 14.6. The van der Waals surface area contributed by atoms with Crippen molar-refractivity contribution >= 4 is 45.3 Å². The number of ether oxygens (including phenoxy) is 1. The third-order valence-electron chi connectivity index (χ3n) is 17.3. The number of aryl methyl sites for hydroxylation is 1. The summed E-state index contributed by atoms with van der Waals surface area (Å²) in [6.07, 6.45) is 2.04. The van der Waals surface area contributed by atoms with E-state index in [1.54, 1.807) is 0 Å². The molecule has 0 amide bonds. The Morgan fingerprint density at radius 2 is 0.800 bits per heavy atom. The first-order valence-corrected chi connectivity index (χ1v) is 31.7. The average Bonchev–Trinajstić information content (AvgIpc) is 1.54. The predicted octanol–water partition coefficient (Wildman–Crippen LogP) is 22.5. The number of hydrogen-bond acceptors (Lipinski definition) is 4. The summed E-state index contributed by atoms with van der Waals surface area (Å²) in [5.41, 5.74) is 25.0. The Morgan fingerprint density at radius 3 is 1.38 bits per heavy atom. The minimum absolute atomic E-state index is 0.0132. The molecule has 12 aromatic carbocycles. The Hall–Kier alpha value is -10.7. The predicted molar refractivity (Wildman–Crippen MR) is 369 cm³/mol. The zero-order chi connectivity index (χ0) is 60.9. The first-order valence-electron chi connectivity index (χ1n) is 30.6. The van der Waals surface area contributed by atoms with E-state index in [0.29, 0.717) is 11.5 Å². The number of anilines is 6. The molecule has 1 aliphatic heterocycles. The minimum Gasteiger partial charge on any atom is -0.0622 e. The Morgan fingerprint density at radius 1 is 0.344 bits per heavy atom. The van der Waals surface area contributed by atoms with Crippen molar-refractivity contribution in [3.8, 4) is 89.6 Å². The van der Waals surface area contributed by atoms with Crippen LogP contribution in [0.3, 0.4) is 0 Å². The summed E-state index contributed by atoms with van der Waals surface area (Å²) < 4.78 is 13.0. The molecule has 3 heterocycles. The molecule has 15 rings (SSSR count). The fourth-order valence-corrected chi connectivity index (χ4v) is 14.0. The van der Waals surface area contributed by atoms with Gasteiger partial charge in [-0.15, -0.1) is 0 Å². The molecule has 0 unspecified atom stereocenters.